The van der Waals surface area contributed by atoms with Crippen molar-refractivity contribution in [2.75, 3.05) is 6.61 Å². The second kappa shape index (κ2) is 7.51. The van der Waals surface area contributed by atoms with E-state index in [4.69, 9.17) is 4.74 Å². The van der Waals surface area contributed by atoms with Crippen molar-refractivity contribution in [3.8, 4) is 0 Å². The zero-order chi connectivity index (χ0) is 19.5. The Hall–Kier alpha value is -3.68. The van der Waals surface area contributed by atoms with E-state index < -0.39 is 5.97 Å². The van der Waals surface area contributed by atoms with Gasteiger partial charge in [-0.05, 0) is 24.6 Å². The number of nitrogens with one attached hydrogen (secondary N) is 2. The Bertz CT molecular complexity index is 1270. The number of ether oxygens (including phenoxy) is 1. The van der Waals surface area contributed by atoms with E-state index in [9.17, 15) is 14.4 Å². The average molecular weight is 378 g/mol. The zero-order valence-electron chi connectivity index (χ0n) is 15.0. The van der Waals surface area contributed by atoms with Crippen LogP contribution in [0.25, 0.3) is 21.8 Å². The number of aromatic nitrogens is 4. The van der Waals surface area contributed by atoms with Crippen molar-refractivity contribution in [3.05, 3.63) is 75.1 Å². The molecule has 0 unspecified atom stereocenters. The lowest BCUT2D eigenvalue weighted by molar-refractivity contribution is -0.143. The fourth-order valence-corrected chi connectivity index (χ4v) is 3.23. The number of H-pyrrole nitrogens is 2. The quantitative estimate of drug-likeness (QED) is 0.392. The number of esters is 1. The lowest BCUT2D eigenvalue weighted by Gasteiger charge is -2.07. The second-order valence-electron chi connectivity index (χ2n) is 6.39. The van der Waals surface area contributed by atoms with Gasteiger partial charge in [0.05, 0.1) is 35.1 Å². The van der Waals surface area contributed by atoms with Crippen molar-refractivity contribution in [1.82, 2.24) is 19.7 Å². The Labute approximate surface area is 158 Å². The molecule has 2 N–H and O–H groups in total. The first-order valence-electron chi connectivity index (χ1n) is 8.93. The summed E-state index contributed by atoms with van der Waals surface area (Å²) in [6.07, 6.45) is 0.470. The van der Waals surface area contributed by atoms with Gasteiger partial charge in [-0.2, -0.15) is 5.10 Å². The van der Waals surface area contributed by atoms with Gasteiger partial charge >= 0.3 is 11.7 Å². The molecule has 4 rings (SSSR count). The molecular weight excluding hydrogens is 360 g/mol. The van der Waals surface area contributed by atoms with E-state index in [0.29, 0.717) is 29.4 Å². The van der Waals surface area contributed by atoms with Gasteiger partial charge in [-0.25, -0.2) is 9.89 Å². The van der Waals surface area contributed by atoms with Gasteiger partial charge in [-0.15, -0.1) is 0 Å². The highest BCUT2D eigenvalue weighted by Crippen LogP contribution is 2.13. The highest BCUT2D eigenvalue weighted by atomic mass is 16.5. The summed E-state index contributed by atoms with van der Waals surface area (Å²) in [5.74, 6) is -0.434. The van der Waals surface area contributed by atoms with Gasteiger partial charge in [-0.1, -0.05) is 30.3 Å². The third kappa shape index (κ3) is 3.44. The van der Waals surface area contributed by atoms with Crippen LogP contribution in [0.3, 0.4) is 0 Å². The summed E-state index contributed by atoms with van der Waals surface area (Å²) in [5.41, 5.74) is 1.59. The first kappa shape index (κ1) is 17.7. The number of fused-ring (bicyclic) bond motifs is 2. The van der Waals surface area contributed by atoms with Gasteiger partial charge < -0.3 is 9.72 Å². The average Bonchev–Trinajstić information content (AvgIpc) is 3.03. The molecule has 0 amide bonds. The zero-order valence-corrected chi connectivity index (χ0v) is 15.0. The number of hydrogen-bond donors (Lipinski definition) is 2. The van der Waals surface area contributed by atoms with Crippen molar-refractivity contribution in [2.45, 2.75) is 19.4 Å². The Kier molecular flexibility index (Phi) is 4.76. The first-order valence-corrected chi connectivity index (χ1v) is 8.93. The van der Waals surface area contributed by atoms with E-state index in [2.05, 4.69) is 15.2 Å². The summed E-state index contributed by atoms with van der Waals surface area (Å²) in [4.78, 5) is 38.8. The van der Waals surface area contributed by atoms with Crippen LogP contribution in [-0.2, 0) is 22.5 Å². The second-order valence-corrected chi connectivity index (χ2v) is 6.39. The molecule has 2 aromatic heterocycles. The van der Waals surface area contributed by atoms with Crippen LogP contribution in [-0.4, -0.2) is 32.3 Å². The Morgan fingerprint density at radius 3 is 2.64 bits per heavy atom. The molecule has 8 nitrogen and oxygen atoms in total. The molecule has 0 atom stereocenters. The van der Waals surface area contributed by atoms with E-state index in [1.165, 1.54) is 0 Å². The summed E-state index contributed by atoms with van der Waals surface area (Å²) in [5, 5.41) is 7.49. The number of hydrogen-bond acceptors (Lipinski definition) is 5. The Morgan fingerprint density at radius 2 is 1.79 bits per heavy atom. The van der Waals surface area contributed by atoms with Gasteiger partial charge in [0.25, 0.3) is 5.56 Å². The predicted molar refractivity (Wildman–Crippen MR) is 104 cm³/mol. The predicted octanol–water partition coefficient (Wildman–Crippen LogP) is 1.74. The largest absolute Gasteiger partial charge is 0.465 e. The highest BCUT2D eigenvalue weighted by molar-refractivity contribution is 5.86. The maximum absolute atomic E-state index is 12.2. The summed E-state index contributed by atoms with van der Waals surface area (Å²) >= 11 is 0. The molecule has 0 aliphatic carbocycles. The normalized spacial score (nSPS) is 11.1. The fourth-order valence-electron chi connectivity index (χ4n) is 3.23. The molecule has 28 heavy (non-hydrogen) atoms. The third-order valence-electron chi connectivity index (χ3n) is 4.56. The first-order chi connectivity index (χ1) is 13.6. The number of benzene rings is 2. The molecule has 0 saturated heterocycles. The molecule has 2 heterocycles. The Morgan fingerprint density at radius 1 is 1.04 bits per heavy atom. The van der Waals surface area contributed by atoms with Crippen LogP contribution >= 0.6 is 0 Å². The summed E-state index contributed by atoms with van der Waals surface area (Å²) in [7, 11) is 0. The van der Waals surface area contributed by atoms with Crippen molar-refractivity contribution in [1.29, 1.82) is 0 Å². The number of para-hydroxylation sites is 2. The van der Waals surface area contributed by atoms with Crippen LogP contribution in [0.2, 0.25) is 0 Å². The summed E-state index contributed by atoms with van der Waals surface area (Å²) in [6.45, 7) is 0.627. The monoisotopic (exact) mass is 378 g/mol. The van der Waals surface area contributed by atoms with Crippen LogP contribution in [0.1, 0.15) is 12.1 Å². The number of aromatic amines is 2. The molecule has 0 aliphatic heterocycles. The molecule has 0 radical (unpaired) electrons. The number of imidazole rings is 1. The molecule has 0 fully saturated rings. The van der Waals surface area contributed by atoms with Crippen molar-refractivity contribution >= 4 is 27.8 Å². The number of aryl methyl sites for hydroxylation is 1. The van der Waals surface area contributed by atoms with Gasteiger partial charge in [0, 0.05) is 11.9 Å². The molecule has 2 aromatic carbocycles. The smallest absolute Gasteiger partial charge is 0.326 e. The summed E-state index contributed by atoms with van der Waals surface area (Å²) < 4.78 is 6.90. The lowest BCUT2D eigenvalue weighted by atomic mass is 10.1. The molecule has 0 aliphatic rings. The molecule has 4 aromatic rings. The van der Waals surface area contributed by atoms with Crippen molar-refractivity contribution < 1.29 is 9.53 Å². The minimum absolute atomic E-state index is 0.0374. The van der Waals surface area contributed by atoms with Crippen LogP contribution in [0.4, 0.5) is 0 Å². The van der Waals surface area contributed by atoms with E-state index in [1.807, 2.05) is 24.3 Å². The molecule has 0 spiro atoms. The fraction of sp³-hybridized carbons (Fsp3) is 0.200. The van der Waals surface area contributed by atoms with E-state index >= 15 is 0 Å². The highest BCUT2D eigenvalue weighted by Gasteiger charge is 2.12. The Balaban J connectivity index is 1.37. The third-order valence-corrected chi connectivity index (χ3v) is 4.56. The van der Waals surface area contributed by atoms with Crippen LogP contribution in [0, 0.1) is 0 Å². The van der Waals surface area contributed by atoms with Gasteiger partial charge in [0.15, 0.2) is 0 Å². The van der Waals surface area contributed by atoms with E-state index in [0.717, 1.165) is 11.0 Å². The molecular formula is C20H18N4O4. The van der Waals surface area contributed by atoms with Gasteiger partial charge in [-0.3, -0.25) is 14.2 Å². The molecule has 0 bridgehead atoms. The molecule has 142 valence electrons. The topological polar surface area (TPSA) is 110 Å². The number of carbonyl (C=O) groups excluding carboxylic acids is 1. The van der Waals surface area contributed by atoms with E-state index in [1.54, 1.807) is 28.8 Å². The minimum atomic E-state index is -0.434. The standard InChI is InChI=1S/C20H18N4O4/c25-18(12-16-13-6-1-2-7-14(13)19(26)23-22-16)28-11-5-10-24-17-9-4-3-8-15(17)21-20(24)27/h1-4,6-9H,5,10-12H2,(H,21,27)(H,23,26). The van der Waals surface area contributed by atoms with Crippen LogP contribution in [0.5, 0.6) is 0 Å². The summed E-state index contributed by atoms with van der Waals surface area (Å²) in [6, 6.07) is 14.4. The number of rotatable bonds is 6. The maximum Gasteiger partial charge on any atom is 0.326 e. The number of nitrogens with zero attached hydrogens (tertiary/aromatic N) is 2. The SMILES string of the molecule is O=C(Cc1n[nH]c(=O)c2ccccc12)OCCCn1c(=O)[nH]c2ccccc21. The van der Waals surface area contributed by atoms with Gasteiger partial charge in [0.1, 0.15) is 0 Å². The lowest BCUT2D eigenvalue weighted by Crippen LogP contribution is -2.19. The van der Waals surface area contributed by atoms with Crippen molar-refractivity contribution in [2.24, 2.45) is 0 Å². The van der Waals surface area contributed by atoms with Crippen LogP contribution in [0.15, 0.2) is 58.1 Å². The van der Waals surface area contributed by atoms with E-state index in [-0.39, 0.29) is 24.3 Å². The number of carbonyl (C=O) groups is 1. The molecule has 8 heteroatoms. The molecule has 0 saturated carbocycles. The minimum Gasteiger partial charge on any atom is -0.465 e. The van der Waals surface area contributed by atoms with Crippen molar-refractivity contribution in [3.63, 3.8) is 0 Å². The van der Waals surface area contributed by atoms with Crippen LogP contribution < -0.4 is 11.2 Å². The maximum atomic E-state index is 12.2. The van der Waals surface area contributed by atoms with Gasteiger partial charge in [0.2, 0.25) is 0 Å².